The molecule has 0 aliphatic carbocycles. The maximum absolute atomic E-state index is 13.8. The van der Waals surface area contributed by atoms with Crippen LogP contribution in [-0.2, 0) is 0 Å². The highest BCUT2D eigenvalue weighted by atomic mass is 19.2. The average Bonchev–Trinajstić information content (AvgIpc) is 2.60. The van der Waals surface area contributed by atoms with E-state index in [0.29, 0.717) is 26.2 Å². The van der Waals surface area contributed by atoms with Gasteiger partial charge < -0.3 is 9.80 Å². The summed E-state index contributed by atoms with van der Waals surface area (Å²) in [5.41, 5.74) is 3.03. The molecule has 0 radical (unpaired) electrons. The topological polar surface area (TPSA) is 23.6 Å². The van der Waals surface area contributed by atoms with Crippen molar-refractivity contribution in [1.82, 2.24) is 4.90 Å². The van der Waals surface area contributed by atoms with E-state index in [1.165, 1.54) is 4.90 Å². The summed E-state index contributed by atoms with van der Waals surface area (Å²) in [5, 5.41) is 0. The van der Waals surface area contributed by atoms with Gasteiger partial charge in [-0.25, -0.2) is 13.2 Å². The predicted molar refractivity (Wildman–Crippen MR) is 90.3 cm³/mol. The highest BCUT2D eigenvalue weighted by Gasteiger charge is 2.27. The molecule has 1 aliphatic rings. The highest BCUT2D eigenvalue weighted by molar-refractivity contribution is 5.94. The Balaban J connectivity index is 1.74. The van der Waals surface area contributed by atoms with Crippen molar-refractivity contribution in [3.63, 3.8) is 0 Å². The molecule has 1 amide bonds. The number of carbonyl (C=O) groups is 1. The summed E-state index contributed by atoms with van der Waals surface area (Å²) in [7, 11) is 0. The number of para-hydroxylation sites is 1. The highest BCUT2D eigenvalue weighted by Crippen LogP contribution is 2.26. The number of benzene rings is 2. The monoisotopic (exact) mass is 348 g/mol. The van der Waals surface area contributed by atoms with Crippen LogP contribution in [0.3, 0.4) is 0 Å². The second-order valence-corrected chi connectivity index (χ2v) is 6.24. The minimum Gasteiger partial charge on any atom is -0.368 e. The van der Waals surface area contributed by atoms with Crippen LogP contribution in [0.4, 0.5) is 18.9 Å². The molecule has 0 spiro atoms. The van der Waals surface area contributed by atoms with Crippen molar-refractivity contribution >= 4 is 11.6 Å². The van der Waals surface area contributed by atoms with Crippen LogP contribution in [-0.4, -0.2) is 37.0 Å². The van der Waals surface area contributed by atoms with Gasteiger partial charge >= 0.3 is 0 Å². The zero-order chi connectivity index (χ0) is 18.1. The third-order valence-corrected chi connectivity index (χ3v) is 4.59. The summed E-state index contributed by atoms with van der Waals surface area (Å²) in [5.74, 6) is -4.95. The van der Waals surface area contributed by atoms with Crippen molar-refractivity contribution < 1.29 is 18.0 Å². The van der Waals surface area contributed by atoms with Crippen molar-refractivity contribution in [2.75, 3.05) is 31.1 Å². The second kappa shape index (κ2) is 6.78. The Morgan fingerprint density at radius 3 is 2.08 bits per heavy atom. The number of halogens is 3. The summed E-state index contributed by atoms with van der Waals surface area (Å²) >= 11 is 0. The van der Waals surface area contributed by atoms with Gasteiger partial charge in [-0.2, -0.15) is 0 Å². The molecule has 0 aromatic heterocycles. The third kappa shape index (κ3) is 3.21. The number of nitrogens with zero attached hydrogens (tertiary/aromatic N) is 2. The first-order valence-electron chi connectivity index (χ1n) is 8.14. The number of hydrogen-bond acceptors (Lipinski definition) is 2. The summed E-state index contributed by atoms with van der Waals surface area (Å²) in [6.07, 6.45) is 0. The Hall–Kier alpha value is -2.50. The molecule has 3 rings (SSSR count). The minimum atomic E-state index is -1.61. The zero-order valence-electron chi connectivity index (χ0n) is 14.2. The predicted octanol–water partition coefficient (Wildman–Crippen LogP) is 3.68. The lowest BCUT2D eigenvalue weighted by Gasteiger charge is -2.37. The molecule has 0 N–H and O–H groups in total. The van der Waals surface area contributed by atoms with Crippen LogP contribution in [0.25, 0.3) is 0 Å². The smallest absolute Gasteiger partial charge is 0.257 e. The van der Waals surface area contributed by atoms with Crippen molar-refractivity contribution in [3.05, 3.63) is 64.5 Å². The molecule has 3 nitrogen and oxygen atoms in total. The molecular formula is C19H19F3N2O. The van der Waals surface area contributed by atoms with Crippen LogP contribution < -0.4 is 4.90 Å². The van der Waals surface area contributed by atoms with Gasteiger partial charge in [0.2, 0.25) is 0 Å². The van der Waals surface area contributed by atoms with Gasteiger partial charge in [0.1, 0.15) is 0 Å². The Morgan fingerprint density at radius 2 is 1.48 bits per heavy atom. The fraction of sp³-hybridized carbons (Fsp3) is 0.316. The molecule has 1 heterocycles. The first kappa shape index (κ1) is 17.3. The number of carbonyl (C=O) groups excluding carboxylic acids is 1. The Morgan fingerprint density at radius 1 is 0.880 bits per heavy atom. The van der Waals surface area contributed by atoms with Gasteiger partial charge in [-0.1, -0.05) is 18.2 Å². The van der Waals surface area contributed by atoms with E-state index >= 15 is 0 Å². The molecule has 2 aromatic rings. The molecule has 0 saturated carbocycles. The van der Waals surface area contributed by atoms with Crippen LogP contribution in [0, 0.1) is 31.3 Å². The normalized spacial score (nSPS) is 14.8. The molecule has 1 fully saturated rings. The molecule has 25 heavy (non-hydrogen) atoms. The molecule has 2 aromatic carbocycles. The number of rotatable bonds is 2. The quantitative estimate of drug-likeness (QED) is 0.773. The van der Waals surface area contributed by atoms with Gasteiger partial charge in [-0.05, 0) is 37.1 Å². The maximum Gasteiger partial charge on any atom is 0.257 e. The van der Waals surface area contributed by atoms with E-state index in [1.807, 2.05) is 32.0 Å². The van der Waals surface area contributed by atoms with E-state index in [2.05, 4.69) is 4.90 Å². The number of hydrogen-bond donors (Lipinski definition) is 0. The van der Waals surface area contributed by atoms with E-state index in [0.717, 1.165) is 28.9 Å². The lowest BCUT2D eigenvalue weighted by Crippen LogP contribution is -2.49. The minimum absolute atomic E-state index is 0.394. The molecule has 1 aliphatic heterocycles. The molecule has 6 heteroatoms. The van der Waals surface area contributed by atoms with Crippen LogP contribution >= 0.6 is 0 Å². The second-order valence-electron chi connectivity index (χ2n) is 6.24. The fourth-order valence-corrected chi connectivity index (χ4v) is 3.30. The Bertz CT molecular complexity index is 794. The van der Waals surface area contributed by atoms with Gasteiger partial charge in [0, 0.05) is 31.9 Å². The van der Waals surface area contributed by atoms with E-state index in [-0.39, 0.29) is 0 Å². The SMILES string of the molecule is Cc1cccc(C)c1N1CCN(C(=O)c2ccc(F)c(F)c2F)CC1. The fourth-order valence-electron chi connectivity index (χ4n) is 3.30. The zero-order valence-corrected chi connectivity index (χ0v) is 14.2. The lowest BCUT2D eigenvalue weighted by atomic mass is 10.1. The Labute approximate surface area is 144 Å². The van der Waals surface area contributed by atoms with Crippen LogP contribution in [0.2, 0.25) is 0 Å². The summed E-state index contributed by atoms with van der Waals surface area (Å²) in [6, 6.07) is 7.85. The van der Waals surface area contributed by atoms with Gasteiger partial charge in [0.05, 0.1) is 5.56 Å². The first-order valence-corrected chi connectivity index (χ1v) is 8.14. The Kier molecular flexibility index (Phi) is 4.70. The molecule has 1 saturated heterocycles. The largest absolute Gasteiger partial charge is 0.368 e. The van der Waals surface area contributed by atoms with Gasteiger partial charge in [-0.3, -0.25) is 4.79 Å². The van der Waals surface area contributed by atoms with Crippen molar-refractivity contribution in [2.45, 2.75) is 13.8 Å². The summed E-state index contributed by atoms with van der Waals surface area (Å²) in [4.78, 5) is 16.1. The number of piperazine rings is 1. The molecular weight excluding hydrogens is 329 g/mol. The van der Waals surface area contributed by atoms with Crippen LogP contribution in [0.15, 0.2) is 30.3 Å². The van der Waals surface area contributed by atoms with E-state index in [4.69, 9.17) is 0 Å². The van der Waals surface area contributed by atoms with Gasteiger partial charge in [0.15, 0.2) is 17.5 Å². The molecule has 132 valence electrons. The molecule has 0 bridgehead atoms. The van der Waals surface area contributed by atoms with Crippen molar-refractivity contribution in [3.8, 4) is 0 Å². The summed E-state index contributed by atoms with van der Waals surface area (Å²) < 4.78 is 40.2. The van der Waals surface area contributed by atoms with Gasteiger partial charge in [-0.15, -0.1) is 0 Å². The number of amides is 1. The average molecular weight is 348 g/mol. The standard InChI is InChI=1S/C19H19F3N2O/c1-12-4-3-5-13(2)18(12)23-8-10-24(11-9-23)19(25)14-6-7-15(20)17(22)16(14)21/h3-7H,8-11H2,1-2H3. The van der Waals surface area contributed by atoms with Crippen LogP contribution in [0.5, 0.6) is 0 Å². The van der Waals surface area contributed by atoms with Crippen molar-refractivity contribution in [1.29, 1.82) is 0 Å². The lowest BCUT2D eigenvalue weighted by molar-refractivity contribution is 0.0740. The molecule has 0 unspecified atom stereocenters. The third-order valence-electron chi connectivity index (χ3n) is 4.59. The maximum atomic E-state index is 13.8. The van der Waals surface area contributed by atoms with E-state index in [9.17, 15) is 18.0 Å². The number of anilines is 1. The summed E-state index contributed by atoms with van der Waals surface area (Å²) in [6.45, 7) is 6.06. The first-order chi connectivity index (χ1) is 11.9. The van der Waals surface area contributed by atoms with E-state index < -0.39 is 28.9 Å². The van der Waals surface area contributed by atoms with Crippen LogP contribution in [0.1, 0.15) is 21.5 Å². The van der Waals surface area contributed by atoms with E-state index in [1.54, 1.807) is 0 Å². The number of aryl methyl sites for hydroxylation is 2. The van der Waals surface area contributed by atoms with Gasteiger partial charge in [0.25, 0.3) is 5.91 Å². The van der Waals surface area contributed by atoms with Crippen molar-refractivity contribution in [2.24, 2.45) is 0 Å². The molecule has 0 atom stereocenters.